The quantitative estimate of drug-likeness (QED) is 0.799. The first-order chi connectivity index (χ1) is 7.33. The molecule has 0 aromatic carbocycles. The Morgan fingerprint density at radius 3 is 3.00 bits per heavy atom. The van der Waals surface area contributed by atoms with E-state index in [1.54, 1.807) is 0 Å². The van der Waals surface area contributed by atoms with Gasteiger partial charge in [-0.05, 0) is 19.3 Å². The molecule has 82 valence electrons. The van der Waals surface area contributed by atoms with Gasteiger partial charge < -0.3 is 14.4 Å². The summed E-state index contributed by atoms with van der Waals surface area (Å²) in [7, 11) is 0. The molecule has 1 aromatic heterocycles. The number of ether oxygens (including phenoxy) is 1. The second-order valence-corrected chi connectivity index (χ2v) is 4.51. The summed E-state index contributed by atoms with van der Waals surface area (Å²) < 4.78 is 7.78. The van der Waals surface area contributed by atoms with Crippen LogP contribution in [0, 0.1) is 0 Å². The predicted octanol–water partition coefficient (Wildman–Crippen LogP) is 1.43. The van der Waals surface area contributed by atoms with Gasteiger partial charge in [0, 0.05) is 25.3 Å². The normalized spacial score (nSPS) is 31.8. The van der Waals surface area contributed by atoms with Crippen molar-refractivity contribution >= 4 is 0 Å². The van der Waals surface area contributed by atoms with Gasteiger partial charge in [-0.1, -0.05) is 0 Å². The van der Waals surface area contributed by atoms with Gasteiger partial charge in [0.1, 0.15) is 6.10 Å². The molecule has 2 atom stereocenters. The molecule has 1 saturated heterocycles. The Balaban J connectivity index is 1.73. The minimum absolute atomic E-state index is 0.00579. The van der Waals surface area contributed by atoms with Gasteiger partial charge >= 0.3 is 0 Å². The fourth-order valence-electron chi connectivity index (χ4n) is 2.08. The van der Waals surface area contributed by atoms with Gasteiger partial charge in [0.2, 0.25) is 0 Å². The van der Waals surface area contributed by atoms with Gasteiger partial charge in [0.15, 0.2) is 0 Å². The molecule has 1 N–H and O–H groups in total. The predicted molar refractivity (Wildman–Crippen MR) is 54.4 cm³/mol. The lowest BCUT2D eigenvalue weighted by Gasteiger charge is -2.25. The van der Waals surface area contributed by atoms with Crippen molar-refractivity contribution in [3.8, 4) is 0 Å². The van der Waals surface area contributed by atoms with Crippen LogP contribution in [-0.4, -0.2) is 27.4 Å². The Hall–Kier alpha value is -0.870. The highest BCUT2D eigenvalue weighted by atomic mass is 16.5. The topological polar surface area (TPSA) is 47.3 Å². The first kappa shape index (κ1) is 9.36. The van der Waals surface area contributed by atoms with E-state index in [2.05, 4.69) is 15.7 Å². The first-order valence-corrected chi connectivity index (χ1v) is 5.66. The molecular formula is C11H16N2O2. The Kier molecular flexibility index (Phi) is 2.25. The van der Waals surface area contributed by atoms with Gasteiger partial charge in [-0.3, -0.25) is 0 Å². The maximum absolute atomic E-state index is 9.55. The van der Waals surface area contributed by atoms with Crippen LogP contribution in [0.4, 0.5) is 0 Å². The van der Waals surface area contributed by atoms with Crippen LogP contribution in [0.3, 0.4) is 0 Å². The summed E-state index contributed by atoms with van der Waals surface area (Å²) in [4.78, 5) is 4.36. The van der Waals surface area contributed by atoms with E-state index >= 15 is 0 Å². The molecule has 4 nitrogen and oxygen atoms in total. The highest BCUT2D eigenvalue weighted by Crippen LogP contribution is 2.36. The van der Waals surface area contributed by atoms with Gasteiger partial charge in [0.25, 0.3) is 0 Å². The van der Waals surface area contributed by atoms with Crippen LogP contribution in [0.15, 0.2) is 12.5 Å². The maximum Gasteiger partial charge on any atom is 0.103 e. The molecule has 4 heteroatoms. The van der Waals surface area contributed by atoms with Gasteiger partial charge in [0.05, 0.1) is 18.1 Å². The highest BCUT2D eigenvalue weighted by Gasteiger charge is 2.27. The van der Waals surface area contributed by atoms with Crippen molar-refractivity contribution in [1.29, 1.82) is 0 Å². The average molecular weight is 208 g/mol. The minimum atomic E-state index is -0.227. The zero-order valence-electron chi connectivity index (χ0n) is 8.67. The fraction of sp³-hybridized carbons (Fsp3) is 0.727. The minimum Gasteiger partial charge on any atom is -0.393 e. The zero-order valence-corrected chi connectivity index (χ0v) is 8.67. The Morgan fingerprint density at radius 1 is 1.40 bits per heavy atom. The summed E-state index contributed by atoms with van der Waals surface area (Å²) in [5, 5.41) is 9.55. The van der Waals surface area contributed by atoms with E-state index in [0.717, 1.165) is 12.1 Å². The number of aromatic nitrogens is 2. The number of hydrogen-bond donors (Lipinski definition) is 1. The molecule has 0 radical (unpaired) electrons. The van der Waals surface area contributed by atoms with Crippen molar-refractivity contribution in [2.24, 2.45) is 0 Å². The lowest BCUT2D eigenvalue weighted by atomic mass is 10.0. The van der Waals surface area contributed by atoms with E-state index in [0.29, 0.717) is 19.1 Å². The second kappa shape index (κ2) is 3.61. The summed E-state index contributed by atoms with van der Waals surface area (Å²) in [6, 6.07) is 0.666. The van der Waals surface area contributed by atoms with Crippen LogP contribution in [-0.2, 0) is 4.74 Å². The Morgan fingerprint density at radius 2 is 2.27 bits per heavy atom. The van der Waals surface area contributed by atoms with E-state index in [4.69, 9.17) is 4.74 Å². The van der Waals surface area contributed by atoms with Gasteiger partial charge in [-0.2, -0.15) is 0 Å². The zero-order chi connectivity index (χ0) is 10.3. The largest absolute Gasteiger partial charge is 0.393 e. The molecule has 1 aromatic rings. The molecular weight excluding hydrogens is 192 g/mol. The molecule has 15 heavy (non-hydrogen) atoms. The molecule has 1 aliphatic carbocycles. The standard InChI is InChI=1S/C11H16N2O2/c14-9-3-4-15-11(5-9)10-6-13(7-12-10)8-1-2-8/h6-9,11,14H,1-5H2. The number of hydrogen-bond acceptors (Lipinski definition) is 3. The Labute approximate surface area is 88.9 Å². The van der Waals surface area contributed by atoms with Crippen molar-refractivity contribution in [3.63, 3.8) is 0 Å². The molecule has 1 saturated carbocycles. The maximum atomic E-state index is 9.55. The van der Waals surface area contributed by atoms with E-state index in [1.807, 2.05) is 6.33 Å². The number of rotatable bonds is 2. The molecule has 2 aliphatic rings. The number of nitrogens with zero attached hydrogens (tertiary/aromatic N) is 2. The highest BCUT2D eigenvalue weighted by molar-refractivity contribution is 5.05. The smallest absolute Gasteiger partial charge is 0.103 e. The molecule has 2 unspecified atom stereocenters. The number of aliphatic hydroxyl groups is 1. The average Bonchev–Trinajstić information content (AvgIpc) is 2.97. The third kappa shape index (κ3) is 1.92. The van der Waals surface area contributed by atoms with Crippen molar-refractivity contribution in [2.75, 3.05) is 6.61 Å². The number of imidazole rings is 1. The van der Waals surface area contributed by atoms with E-state index < -0.39 is 0 Å². The monoisotopic (exact) mass is 208 g/mol. The third-order valence-corrected chi connectivity index (χ3v) is 3.18. The van der Waals surface area contributed by atoms with Crippen LogP contribution in [0.1, 0.15) is 43.5 Å². The number of aliphatic hydroxyl groups excluding tert-OH is 1. The molecule has 1 aliphatic heterocycles. The Bertz CT molecular complexity index is 346. The van der Waals surface area contributed by atoms with Crippen LogP contribution in [0.2, 0.25) is 0 Å². The van der Waals surface area contributed by atoms with Crippen molar-refractivity contribution in [1.82, 2.24) is 9.55 Å². The van der Waals surface area contributed by atoms with Gasteiger partial charge in [-0.15, -0.1) is 0 Å². The van der Waals surface area contributed by atoms with Gasteiger partial charge in [-0.25, -0.2) is 4.98 Å². The summed E-state index contributed by atoms with van der Waals surface area (Å²) in [5.41, 5.74) is 0.973. The van der Waals surface area contributed by atoms with Crippen LogP contribution in [0.5, 0.6) is 0 Å². The summed E-state index contributed by atoms with van der Waals surface area (Å²) in [5.74, 6) is 0. The molecule has 2 heterocycles. The van der Waals surface area contributed by atoms with Crippen LogP contribution >= 0.6 is 0 Å². The van der Waals surface area contributed by atoms with Crippen molar-refractivity contribution in [3.05, 3.63) is 18.2 Å². The lowest BCUT2D eigenvalue weighted by Crippen LogP contribution is -2.23. The van der Waals surface area contributed by atoms with E-state index in [1.165, 1.54) is 12.8 Å². The first-order valence-electron chi connectivity index (χ1n) is 5.66. The molecule has 3 rings (SSSR count). The third-order valence-electron chi connectivity index (χ3n) is 3.18. The van der Waals surface area contributed by atoms with E-state index in [9.17, 15) is 5.11 Å². The summed E-state index contributed by atoms with van der Waals surface area (Å²) >= 11 is 0. The summed E-state index contributed by atoms with van der Waals surface area (Å²) in [6.45, 7) is 0.641. The SMILES string of the molecule is OC1CCOC(c2cn(C3CC3)cn2)C1. The van der Waals surface area contributed by atoms with E-state index in [-0.39, 0.29) is 12.2 Å². The van der Waals surface area contributed by atoms with Crippen LogP contribution < -0.4 is 0 Å². The second-order valence-electron chi connectivity index (χ2n) is 4.51. The molecule has 0 spiro atoms. The summed E-state index contributed by atoms with van der Waals surface area (Å²) in [6.07, 6.45) is 7.69. The lowest BCUT2D eigenvalue weighted by molar-refractivity contribution is -0.0465. The molecule has 2 fully saturated rings. The van der Waals surface area contributed by atoms with Crippen molar-refractivity contribution in [2.45, 2.75) is 43.9 Å². The molecule has 0 amide bonds. The van der Waals surface area contributed by atoms with Crippen LogP contribution in [0.25, 0.3) is 0 Å². The molecule has 0 bridgehead atoms. The fourth-order valence-corrected chi connectivity index (χ4v) is 2.08. The van der Waals surface area contributed by atoms with Crippen molar-refractivity contribution < 1.29 is 9.84 Å².